The van der Waals surface area contributed by atoms with E-state index in [1.165, 1.54) is 0 Å². The normalized spacial score (nSPS) is 11.0. The molecule has 3 heterocycles. The monoisotopic (exact) mass is 421 g/mol. The Balaban J connectivity index is 1.30. The average molecular weight is 422 g/mol. The molecule has 0 radical (unpaired) electrons. The van der Waals surface area contributed by atoms with Crippen molar-refractivity contribution in [1.29, 1.82) is 0 Å². The van der Waals surface area contributed by atoms with Crippen LogP contribution in [0, 0.1) is 0 Å². The van der Waals surface area contributed by atoms with Crippen LogP contribution in [0.15, 0.2) is 85.2 Å². The Hall–Kier alpha value is -4.19. The van der Waals surface area contributed by atoms with Crippen molar-refractivity contribution in [2.45, 2.75) is 19.9 Å². The van der Waals surface area contributed by atoms with Gasteiger partial charge in [-0.25, -0.2) is 4.68 Å². The van der Waals surface area contributed by atoms with E-state index in [4.69, 9.17) is 5.10 Å². The Morgan fingerprint density at radius 2 is 1.88 bits per heavy atom. The number of aryl methyl sites for hydroxylation is 1. The van der Waals surface area contributed by atoms with Gasteiger partial charge in [0.15, 0.2) is 0 Å². The summed E-state index contributed by atoms with van der Waals surface area (Å²) in [7, 11) is 0. The van der Waals surface area contributed by atoms with Gasteiger partial charge in [-0.2, -0.15) is 5.10 Å². The van der Waals surface area contributed by atoms with E-state index in [2.05, 4.69) is 28.3 Å². The van der Waals surface area contributed by atoms with Crippen molar-refractivity contribution in [3.05, 3.63) is 102 Å². The maximum atomic E-state index is 12.5. The molecule has 0 saturated carbocycles. The number of fused-ring (bicyclic) bond motifs is 1. The molecule has 0 atom stereocenters. The number of pyridine rings is 1. The zero-order chi connectivity index (χ0) is 21.9. The lowest BCUT2D eigenvalue weighted by Gasteiger charge is -2.08. The summed E-state index contributed by atoms with van der Waals surface area (Å²) in [5.74, 6) is -0.119. The minimum Gasteiger partial charge on any atom is -0.351 e. The Morgan fingerprint density at radius 1 is 1.03 bits per heavy atom. The first-order valence-electron chi connectivity index (χ1n) is 10.7. The quantitative estimate of drug-likeness (QED) is 0.409. The summed E-state index contributed by atoms with van der Waals surface area (Å²) < 4.78 is 1.97. The molecule has 0 aliphatic carbocycles. The lowest BCUT2D eigenvalue weighted by Crippen LogP contribution is -2.23. The predicted molar refractivity (Wildman–Crippen MR) is 126 cm³/mol. The van der Waals surface area contributed by atoms with E-state index < -0.39 is 0 Å². The van der Waals surface area contributed by atoms with Crippen LogP contribution in [0.3, 0.4) is 0 Å². The third-order valence-electron chi connectivity index (χ3n) is 5.51. The number of nitrogens with one attached hydrogen (secondary N) is 2. The van der Waals surface area contributed by atoms with Crippen molar-refractivity contribution in [2.75, 3.05) is 0 Å². The summed E-state index contributed by atoms with van der Waals surface area (Å²) in [5.41, 5.74) is 6.57. The molecule has 3 aromatic heterocycles. The summed E-state index contributed by atoms with van der Waals surface area (Å²) in [5, 5.41) is 8.80. The highest BCUT2D eigenvalue weighted by Gasteiger charge is 2.11. The van der Waals surface area contributed by atoms with Crippen molar-refractivity contribution in [1.82, 2.24) is 25.1 Å². The number of aromatic amines is 1. The molecule has 158 valence electrons. The van der Waals surface area contributed by atoms with E-state index in [9.17, 15) is 4.79 Å². The molecule has 32 heavy (non-hydrogen) atoms. The van der Waals surface area contributed by atoms with E-state index in [1.807, 2.05) is 77.6 Å². The van der Waals surface area contributed by atoms with Gasteiger partial charge in [-0.15, -0.1) is 0 Å². The number of hydrogen-bond acceptors (Lipinski definition) is 3. The van der Waals surface area contributed by atoms with Crippen LogP contribution >= 0.6 is 0 Å². The van der Waals surface area contributed by atoms with Gasteiger partial charge >= 0.3 is 0 Å². The minimum absolute atomic E-state index is 0.119. The van der Waals surface area contributed by atoms with Gasteiger partial charge < -0.3 is 10.3 Å². The van der Waals surface area contributed by atoms with Gasteiger partial charge in [-0.3, -0.25) is 9.78 Å². The van der Waals surface area contributed by atoms with Crippen LogP contribution in [0.2, 0.25) is 0 Å². The maximum absolute atomic E-state index is 12.5. The molecule has 0 bridgehead atoms. The standard InChI is InChI=1S/C26H23N5O/c1-2-21-15-24(20-7-5-13-27-17-20)30-31(21)22-11-9-18(10-12-22)16-28-26(32)25-14-19-6-3-4-8-23(19)29-25/h3-15,17,29H,2,16H2,1H3,(H,28,32). The molecule has 0 fully saturated rings. The second-order valence-corrected chi connectivity index (χ2v) is 7.65. The van der Waals surface area contributed by atoms with E-state index in [0.717, 1.165) is 45.5 Å². The first-order chi connectivity index (χ1) is 15.7. The van der Waals surface area contributed by atoms with Gasteiger partial charge in [0, 0.05) is 41.1 Å². The maximum Gasteiger partial charge on any atom is 0.267 e. The summed E-state index contributed by atoms with van der Waals surface area (Å²) >= 11 is 0. The Kier molecular flexibility index (Phi) is 5.25. The molecule has 0 aliphatic heterocycles. The second-order valence-electron chi connectivity index (χ2n) is 7.65. The summed E-state index contributed by atoms with van der Waals surface area (Å²) in [6, 6.07) is 23.9. The molecule has 0 saturated heterocycles. The van der Waals surface area contributed by atoms with E-state index in [-0.39, 0.29) is 5.91 Å². The topological polar surface area (TPSA) is 75.6 Å². The highest BCUT2D eigenvalue weighted by molar-refractivity contribution is 5.97. The Labute approximate surface area is 185 Å². The number of rotatable bonds is 6. The van der Waals surface area contributed by atoms with Crippen LogP contribution in [0.5, 0.6) is 0 Å². The fourth-order valence-electron chi connectivity index (χ4n) is 3.78. The highest BCUT2D eigenvalue weighted by atomic mass is 16.1. The number of carbonyl (C=O) groups is 1. The number of benzene rings is 2. The molecule has 1 amide bonds. The number of hydrogen-bond donors (Lipinski definition) is 2. The van der Waals surface area contributed by atoms with Gasteiger partial charge in [0.05, 0.1) is 11.4 Å². The smallest absolute Gasteiger partial charge is 0.267 e. The predicted octanol–water partition coefficient (Wildman–Crippen LogP) is 4.91. The third-order valence-corrected chi connectivity index (χ3v) is 5.51. The lowest BCUT2D eigenvalue weighted by atomic mass is 10.2. The number of para-hydroxylation sites is 1. The molecule has 0 spiro atoms. The molecule has 5 rings (SSSR count). The SMILES string of the molecule is CCc1cc(-c2cccnc2)nn1-c1ccc(CNC(=O)c2cc3ccccc3[nH]2)cc1. The summed E-state index contributed by atoms with van der Waals surface area (Å²) in [4.78, 5) is 19.9. The van der Waals surface area contributed by atoms with Crippen LogP contribution < -0.4 is 5.32 Å². The number of amides is 1. The van der Waals surface area contributed by atoms with Crippen molar-refractivity contribution >= 4 is 16.8 Å². The van der Waals surface area contributed by atoms with Crippen LogP contribution in [0.25, 0.3) is 27.8 Å². The van der Waals surface area contributed by atoms with E-state index in [0.29, 0.717) is 12.2 Å². The Bertz CT molecular complexity index is 1330. The molecule has 5 aromatic rings. The second kappa shape index (κ2) is 8.51. The third kappa shape index (κ3) is 3.90. The molecule has 6 nitrogen and oxygen atoms in total. The zero-order valence-electron chi connectivity index (χ0n) is 17.7. The fourth-order valence-corrected chi connectivity index (χ4v) is 3.78. The molecule has 0 aliphatic rings. The number of H-pyrrole nitrogens is 1. The highest BCUT2D eigenvalue weighted by Crippen LogP contribution is 2.22. The van der Waals surface area contributed by atoms with Crippen molar-refractivity contribution in [3.63, 3.8) is 0 Å². The average Bonchev–Trinajstić information content (AvgIpc) is 3.48. The van der Waals surface area contributed by atoms with Crippen molar-refractivity contribution in [2.24, 2.45) is 0 Å². The van der Waals surface area contributed by atoms with Gasteiger partial charge in [0.25, 0.3) is 5.91 Å². The van der Waals surface area contributed by atoms with Crippen LogP contribution in [0.4, 0.5) is 0 Å². The van der Waals surface area contributed by atoms with E-state index in [1.54, 1.807) is 6.20 Å². The minimum atomic E-state index is -0.119. The van der Waals surface area contributed by atoms with Gasteiger partial charge in [-0.05, 0) is 54.4 Å². The first kappa shape index (κ1) is 19.8. The summed E-state index contributed by atoms with van der Waals surface area (Å²) in [6.07, 6.45) is 4.46. The zero-order valence-corrected chi connectivity index (χ0v) is 17.7. The van der Waals surface area contributed by atoms with Gasteiger partial charge in [0.1, 0.15) is 5.69 Å². The number of nitrogens with zero attached hydrogens (tertiary/aromatic N) is 3. The number of carbonyl (C=O) groups excluding carboxylic acids is 1. The van der Waals surface area contributed by atoms with Gasteiger partial charge in [-0.1, -0.05) is 37.3 Å². The van der Waals surface area contributed by atoms with Gasteiger partial charge in [0.2, 0.25) is 0 Å². The van der Waals surface area contributed by atoms with Crippen molar-refractivity contribution < 1.29 is 4.79 Å². The molecular weight excluding hydrogens is 398 g/mol. The van der Waals surface area contributed by atoms with Crippen LogP contribution in [-0.4, -0.2) is 25.7 Å². The van der Waals surface area contributed by atoms with E-state index >= 15 is 0 Å². The summed E-state index contributed by atoms with van der Waals surface area (Å²) in [6.45, 7) is 2.57. The molecular formula is C26H23N5O. The van der Waals surface area contributed by atoms with Crippen molar-refractivity contribution in [3.8, 4) is 16.9 Å². The largest absolute Gasteiger partial charge is 0.351 e. The number of aromatic nitrogens is 4. The molecule has 6 heteroatoms. The van der Waals surface area contributed by atoms with Crippen LogP contribution in [-0.2, 0) is 13.0 Å². The molecule has 0 unspecified atom stereocenters. The Morgan fingerprint density at radius 3 is 2.62 bits per heavy atom. The lowest BCUT2D eigenvalue weighted by molar-refractivity contribution is 0.0946. The van der Waals surface area contributed by atoms with Crippen LogP contribution in [0.1, 0.15) is 28.7 Å². The molecule has 2 N–H and O–H groups in total. The molecule has 2 aromatic carbocycles. The fraction of sp³-hybridized carbons (Fsp3) is 0.115. The first-order valence-corrected chi connectivity index (χ1v) is 10.7.